The van der Waals surface area contributed by atoms with Gasteiger partial charge in [-0.2, -0.15) is 0 Å². The van der Waals surface area contributed by atoms with Gasteiger partial charge in [0.25, 0.3) is 0 Å². The lowest BCUT2D eigenvalue weighted by molar-refractivity contribution is -0.274. The molecule has 174 valence electrons. The molecule has 0 aliphatic rings. The number of hydrogen-bond acceptors (Lipinski definition) is 5. The Labute approximate surface area is 192 Å². The van der Waals surface area contributed by atoms with E-state index in [1.54, 1.807) is 36.5 Å². The zero-order chi connectivity index (χ0) is 24.3. The van der Waals surface area contributed by atoms with Gasteiger partial charge in [-0.05, 0) is 47.9 Å². The molecule has 0 amide bonds. The number of rotatable bonds is 7. The highest BCUT2D eigenvalue weighted by Crippen LogP contribution is 2.33. The first kappa shape index (κ1) is 22.9. The van der Waals surface area contributed by atoms with Crippen LogP contribution in [0.25, 0.3) is 16.8 Å². The van der Waals surface area contributed by atoms with Crippen LogP contribution in [0.1, 0.15) is 21.5 Å². The predicted octanol–water partition coefficient (Wildman–Crippen LogP) is 5.84. The van der Waals surface area contributed by atoms with Crippen LogP contribution in [-0.2, 0) is 6.61 Å². The maximum Gasteiger partial charge on any atom is 0.573 e. The van der Waals surface area contributed by atoms with Crippen LogP contribution in [0.5, 0.6) is 17.4 Å². The van der Waals surface area contributed by atoms with Crippen LogP contribution in [0.3, 0.4) is 0 Å². The topological polar surface area (TPSA) is 73.6 Å². The van der Waals surface area contributed by atoms with Crippen molar-refractivity contribution in [3.8, 4) is 34.2 Å². The number of aromatic hydroxyl groups is 1. The zero-order valence-electron chi connectivity index (χ0n) is 17.9. The van der Waals surface area contributed by atoms with Crippen LogP contribution in [0.15, 0.2) is 72.9 Å². The van der Waals surface area contributed by atoms with Crippen molar-refractivity contribution in [2.24, 2.45) is 0 Å². The molecule has 1 N–H and O–H groups in total. The molecule has 0 fully saturated rings. The molecule has 4 rings (SSSR count). The van der Waals surface area contributed by atoms with Crippen LogP contribution >= 0.6 is 0 Å². The van der Waals surface area contributed by atoms with Crippen LogP contribution in [-0.4, -0.2) is 27.5 Å². The number of phenolic OH excluding ortho intramolecular Hbond substituents is 1. The van der Waals surface area contributed by atoms with E-state index in [1.807, 2.05) is 13.0 Å². The van der Waals surface area contributed by atoms with Crippen LogP contribution in [0.4, 0.5) is 13.2 Å². The second-order valence-corrected chi connectivity index (χ2v) is 7.54. The molecule has 0 aliphatic heterocycles. The van der Waals surface area contributed by atoms with Crippen molar-refractivity contribution < 1.29 is 32.5 Å². The van der Waals surface area contributed by atoms with E-state index >= 15 is 0 Å². The van der Waals surface area contributed by atoms with E-state index in [0.29, 0.717) is 22.4 Å². The second-order valence-electron chi connectivity index (χ2n) is 7.54. The molecule has 4 aromatic rings. The summed E-state index contributed by atoms with van der Waals surface area (Å²) in [6.45, 7) is 1.98. The minimum atomic E-state index is -4.78. The number of benzene rings is 3. The van der Waals surface area contributed by atoms with E-state index in [9.17, 15) is 23.1 Å². The molecule has 0 unspecified atom stereocenters. The quantitative estimate of drug-likeness (QED) is 0.345. The highest BCUT2D eigenvalue weighted by molar-refractivity contribution is 5.74. The molecule has 6 nitrogen and oxygen atoms in total. The molecule has 0 saturated heterocycles. The number of alkyl halides is 3. The standard InChI is InChI=1S/C25H19F3N2O4/c1-16-10-20(12-21(32)11-16)30-13-23(19-6-8-22(9-7-19)34-25(26,27)28)24(29-30)33-15-18-4-2-17(14-31)3-5-18/h2-14,32H,15H2,1H3. The summed E-state index contributed by atoms with van der Waals surface area (Å²) in [7, 11) is 0. The number of aryl methyl sites for hydroxylation is 1. The second kappa shape index (κ2) is 9.30. The Balaban J connectivity index is 1.67. The third kappa shape index (κ3) is 5.55. The monoisotopic (exact) mass is 468 g/mol. The average Bonchev–Trinajstić information content (AvgIpc) is 3.21. The number of nitrogens with zero attached hydrogens (tertiary/aromatic N) is 2. The predicted molar refractivity (Wildman–Crippen MR) is 118 cm³/mol. The first-order chi connectivity index (χ1) is 16.2. The van der Waals surface area contributed by atoms with E-state index < -0.39 is 6.36 Å². The average molecular weight is 468 g/mol. The number of hydrogen-bond donors (Lipinski definition) is 1. The molecule has 3 aromatic carbocycles. The summed E-state index contributed by atoms with van der Waals surface area (Å²) in [6.07, 6.45) is -2.38. The molecule has 0 aliphatic carbocycles. The van der Waals surface area contributed by atoms with E-state index in [2.05, 4.69) is 9.84 Å². The van der Waals surface area contributed by atoms with Gasteiger partial charge >= 0.3 is 6.36 Å². The largest absolute Gasteiger partial charge is 0.573 e. The molecule has 0 radical (unpaired) electrons. The fourth-order valence-corrected chi connectivity index (χ4v) is 3.35. The Bertz CT molecular complexity index is 1280. The van der Waals surface area contributed by atoms with Crippen molar-refractivity contribution in [3.05, 3.63) is 89.6 Å². The Kier molecular flexibility index (Phi) is 6.27. The molecule has 34 heavy (non-hydrogen) atoms. The molecule has 9 heteroatoms. The van der Waals surface area contributed by atoms with Crippen molar-refractivity contribution in [1.82, 2.24) is 9.78 Å². The number of aldehydes is 1. The maximum atomic E-state index is 12.5. The zero-order valence-corrected chi connectivity index (χ0v) is 17.9. The van der Waals surface area contributed by atoms with Crippen molar-refractivity contribution in [2.45, 2.75) is 19.9 Å². The molecule has 0 saturated carbocycles. The number of carbonyl (C=O) groups excluding carboxylic acids is 1. The summed E-state index contributed by atoms with van der Waals surface area (Å²) in [5.41, 5.74) is 3.83. The van der Waals surface area contributed by atoms with E-state index in [0.717, 1.165) is 17.4 Å². The van der Waals surface area contributed by atoms with Gasteiger partial charge in [0.2, 0.25) is 5.88 Å². The molecular formula is C25H19F3N2O4. The molecule has 0 atom stereocenters. The lowest BCUT2D eigenvalue weighted by Crippen LogP contribution is -2.16. The molecule has 1 aromatic heterocycles. The summed E-state index contributed by atoms with van der Waals surface area (Å²) in [6, 6.07) is 17.2. The van der Waals surface area contributed by atoms with E-state index in [-0.39, 0.29) is 24.0 Å². The van der Waals surface area contributed by atoms with Gasteiger partial charge in [0.1, 0.15) is 24.4 Å². The minimum absolute atomic E-state index is 0.0680. The van der Waals surface area contributed by atoms with Gasteiger partial charge in [-0.25, -0.2) is 4.68 Å². The smallest absolute Gasteiger partial charge is 0.508 e. The lowest BCUT2D eigenvalue weighted by Gasteiger charge is -2.09. The SMILES string of the molecule is Cc1cc(O)cc(-n2cc(-c3ccc(OC(F)(F)F)cc3)c(OCc3ccc(C=O)cc3)n2)c1. The van der Waals surface area contributed by atoms with E-state index in [1.165, 1.54) is 35.0 Å². The molecule has 0 bridgehead atoms. The van der Waals surface area contributed by atoms with Gasteiger partial charge in [0.15, 0.2) is 0 Å². The van der Waals surface area contributed by atoms with Crippen LogP contribution < -0.4 is 9.47 Å². The van der Waals surface area contributed by atoms with Crippen molar-refractivity contribution in [2.75, 3.05) is 0 Å². The normalized spacial score (nSPS) is 11.3. The number of aromatic nitrogens is 2. The first-order valence-electron chi connectivity index (χ1n) is 10.1. The van der Waals surface area contributed by atoms with E-state index in [4.69, 9.17) is 4.74 Å². The summed E-state index contributed by atoms with van der Waals surface area (Å²) in [5.74, 6) is -0.0339. The Morgan fingerprint density at radius 2 is 1.74 bits per heavy atom. The lowest BCUT2D eigenvalue weighted by atomic mass is 10.1. The van der Waals surface area contributed by atoms with Crippen LogP contribution in [0, 0.1) is 6.92 Å². The highest BCUT2D eigenvalue weighted by Gasteiger charge is 2.31. The summed E-state index contributed by atoms with van der Waals surface area (Å²) in [5, 5.41) is 14.4. The Morgan fingerprint density at radius 3 is 2.35 bits per heavy atom. The number of halogens is 3. The highest BCUT2D eigenvalue weighted by atomic mass is 19.4. The molecule has 0 spiro atoms. The van der Waals surface area contributed by atoms with Crippen molar-refractivity contribution in [1.29, 1.82) is 0 Å². The molecule has 1 heterocycles. The van der Waals surface area contributed by atoms with Crippen molar-refractivity contribution >= 4 is 6.29 Å². The van der Waals surface area contributed by atoms with Gasteiger partial charge < -0.3 is 14.6 Å². The summed E-state index contributed by atoms with van der Waals surface area (Å²) >= 11 is 0. The molecular weight excluding hydrogens is 449 g/mol. The van der Waals surface area contributed by atoms with Gasteiger partial charge in [-0.15, -0.1) is 18.3 Å². The fraction of sp³-hybridized carbons (Fsp3) is 0.120. The number of phenols is 1. The van der Waals surface area contributed by atoms with Gasteiger partial charge in [0.05, 0.1) is 11.3 Å². The third-order valence-electron chi connectivity index (χ3n) is 4.88. The maximum absolute atomic E-state index is 12.5. The summed E-state index contributed by atoms with van der Waals surface area (Å²) in [4.78, 5) is 10.9. The third-order valence-corrected chi connectivity index (χ3v) is 4.88. The number of carbonyl (C=O) groups is 1. The summed E-state index contributed by atoms with van der Waals surface area (Å²) < 4.78 is 48.9. The minimum Gasteiger partial charge on any atom is -0.508 e. The Hall–Kier alpha value is -4.27. The van der Waals surface area contributed by atoms with Gasteiger partial charge in [-0.3, -0.25) is 4.79 Å². The van der Waals surface area contributed by atoms with Crippen molar-refractivity contribution in [3.63, 3.8) is 0 Å². The van der Waals surface area contributed by atoms with Crippen LogP contribution in [0.2, 0.25) is 0 Å². The van der Waals surface area contributed by atoms with Gasteiger partial charge in [0, 0.05) is 17.8 Å². The van der Waals surface area contributed by atoms with Gasteiger partial charge in [-0.1, -0.05) is 36.4 Å². The fourth-order valence-electron chi connectivity index (χ4n) is 3.35. The first-order valence-corrected chi connectivity index (χ1v) is 10.1. The number of ether oxygens (including phenoxy) is 2. The Morgan fingerprint density at radius 1 is 1.03 bits per heavy atom.